The highest BCUT2D eigenvalue weighted by Gasteiger charge is 2.25. The molecule has 1 aromatic carbocycles. The van der Waals surface area contributed by atoms with E-state index in [4.69, 9.17) is 15.5 Å². The van der Waals surface area contributed by atoms with E-state index in [-0.39, 0.29) is 11.9 Å². The predicted octanol–water partition coefficient (Wildman–Crippen LogP) is 4.16. The smallest absolute Gasteiger partial charge is 0.254 e. The van der Waals surface area contributed by atoms with Gasteiger partial charge in [-0.3, -0.25) is 4.79 Å². The van der Waals surface area contributed by atoms with Crippen molar-refractivity contribution in [3.05, 3.63) is 34.7 Å². The summed E-state index contributed by atoms with van der Waals surface area (Å²) in [6, 6.07) is 5.98. The molecular weight excluding hydrogens is 422 g/mol. The number of aromatic nitrogens is 3. The van der Waals surface area contributed by atoms with Gasteiger partial charge in [0.05, 0.1) is 18.3 Å². The average Bonchev–Trinajstić information content (AvgIpc) is 3.44. The van der Waals surface area contributed by atoms with Gasteiger partial charge in [-0.15, -0.1) is 11.3 Å². The number of likely N-dealkylation sites (tertiary alicyclic amines) is 1. The van der Waals surface area contributed by atoms with Crippen LogP contribution in [-0.2, 0) is 13.6 Å². The highest BCUT2D eigenvalue weighted by Crippen LogP contribution is 2.37. The average molecular weight is 452 g/mol. The van der Waals surface area contributed by atoms with Gasteiger partial charge < -0.3 is 24.5 Å². The van der Waals surface area contributed by atoms with Gasteiger partial charge in [0.2, 0.25) is 0 Å². The Balaban J connectivity index is 1.64. The van der Waals surface area contributed by atoms with Crippen LogP contribution in [-0.4, -0.2) is 51.2 Å². The highest BCUT2D eigenvalue weighted by molar-refractivity contribution is 7.17. The molecule has 0 aliphatic carbocycles. The summed E-state index contributed by atoms with van der Waals surface area (Å²) < 4.78 is 10.1. The van der Waals surface area contributed by atoms with Gasteiger partial charge in [-0.25, -0.2) is 4.98 Å². The van der Waals surface area contributed by atoms with Crippen molar-refractivity contribution in [1.29, 1.82) is 0 Å². The van der Waals surface area contributed by atoms with E-state index in [1.807, 2.05) is 24.1 Å². The first-order chi connectivity index (χ1) is 15.4. The maximum Gasteiger partial charge on any atom is 0.254 e. The zero-order valence-corrected chi connectivity index (χ0v) is 19.8. The van der Waals surface area contributed by atoms with E-state index >= 15 is 0 Å². The number of carbonyl (C=O) groups is 1. The number of aryl methyl sites for hydroxylation is 3. The lowest BCUT2D eigenvalue weighted by Gasteiger charge is -2.30. The molecular formula is C24H29N5O2S. The molecule has 7 nitrogen and oxygen atoms in total. The second-order valence-electron chi connectivity index (χ2n) is 8.61. The monoisotopic (exact) mass is 451 g/mol. The Morgan fingerprint density at radius 3 is 2.88 bits per heavy atom. The molecule has 168 valence electrons. The number of nitrogens with zero attached hydrogens (tertiary/aromatic N) is 4. The molecule has 0 saturated carbocycles. The van der Waals surface area contributed by atoms with E-state index in [1.165, 1.54) is 15.8 Å². The van der Waals surface area contributed by atoms with E-state index < -0.39 is 0 Å². The Hall–Kier alpha value is -2.84. The van der Waals surface area contributed by atoms with Crippen molar-refractivity contribution in [2.24, 2.45) is 12.8 Å². The van der Waals surface area contributed by atoms with Crippen molar-refractivity contribution < 1.29 is 9.53 Å². The number of ether oxygens (including phenoxy) is 1. The second-order valence-corrected chi connectivity index (χ2v) is 9.46. The highest BCUT2D eigenvalue weighted by atomic mass is 32.1. The number of benzene rings is 1. The number of imidazole rings is 1. The van der Waals surface area contributed by atoms with Gasteiger partial charge in [0, 0.05) is 43.7 Å². The van der Waals surface area contributed by atoms with Crippen molar-refractivity contribution in [1.82, 2.24) is 19.0 Å². The summed E-state index contributed by atoms with van der Waals surface area (Å²) in [4.78, 5) is 21.3. The summed E-state index contributed by atoms with van der Waals surface area (Å²) in [5.41, 5.74) is 10.7. The molecule has 0 bridgehead atoms. The molecule has 1 amide bonds. The van der Waals surface area contributed by atoms with Crippen molar-refractivity contribution in [2.45, 2.75) is 39.3 Å². The van der Waals surface area contributed by atoms with E-state index in [0.717, 1.165) is 48.5 Å². The minimum atomic E-state index is -0.0133. The minimum absolute atomic E-state index is 0.0133. The van der Waals surface area contributed by atoms with Crippen LogP contribution >= 0.6 is 11.3 Å². The fourth-order valence-electron chi connectivity index (χ4n) is 4.84. The van der Waals surface area contributed by atoms with E-state index in [9.17, 15) is 4.79 Å². The lowest BCUT2D eigenvalue weighted by Crippen LogP contribution is -2.45. The number of rotatable bonds is 4. The number of piperidine rings is 1. The summed E-state index contributed by atoms with van der Waals surface area (Å²) in [7, 11) is 3.65. The van der Waals surface area contributed by atoms with Crippen molar-refractivity contribution >= 4 is 38.5 Å². The third-order valence-electron chi connectivity index (χ3n) is 6.51. The first kappa shape index (κ1) is 21.0. The SMILES string of the molecule is CCn1c(-c2nc3cc(C(=O)N4CCCC(N)C4)cc(OC)c3n2C)cc2c(C)csc21. The van der Waals surface area contributed by atoms with Crippen LogP contribution in [0.25, 0.3) is 32.8 Å². The lowest BCUT2D eigenvalue weighted by molar-refractivity contribution is 0.0708. The first-order valence-electron chi connectivity index (χ1n) is 11.1. The van der Waals surface area contributed by atoms with Gasteiger partial charge in [0.15, 0.2) is 5.82 Å². The molecule has 2 N–H and O–H groups in total. The third-order valence-corrected chi connectivity index (χ3v) is 7.65. The number of nitrogens with two attached hydrogens (primary N) is 1. The summed E-state index contributed by atoms with van der Waals surface area (Å²) in [5, 5.41) is 3.46. The number of methoxy groups -OCH3 is 1. The summed E-state index contributed by atoms with van der Waals surface area (Å²) >= 11 is 1.76. The lowest BCUT2D eigenvalue weighted by atomic mass is 10.0. The molecule has 1 saturated heterocycles. The zero-order chi connectivity index (χ0) is 22.6. The largest absolute Gasteiger partial charge is 0.494 e. The quantitative estimate of drug-likeness (QED) is 0.505. The van der Waals surface area contributed by atoms with E-state index in [1.54, 1.807) is 18.4 Å². The standard InChI is InChI=1S/C24H29N5O2S/c1-5-29-19(11-17-14(2)13-32-24(17)29)22-26-18-9-15(10-20(31-4)21(18)27(22)3)23(30)28-8-6-7-16(25)12-28/h9-11,13,16H,5-8,12,25H2,1-4H3. The molecule has 8 heteroatoms. The Kier molecular flexibility index (Phi) is 5.22. The molecule has 1 unspecified atom stereocenters. The van der Waals surface area contributed by atoms with Crippen molar-refractivity contribution in [2.75, 3.05) is 20.2 Å². The van der Waals surface area contributed by atoms with E-state index in [2.05, 4.69) is 34.4 Å². The molecule has 3 aromatic heterocycles. The molecule has 32 heavy (non-hydrogen) atoms. The Labute approximate surface area is 191 Å². The van der Waals surface area contributed by atoms with Crippen LogP contribution in [0.3, 0.4) is 0 Å². The van der Waals surface area contributed by atoms with Gasteiger partial charge in [-0.05, 0) is 55.8 Å². The number of amides is 1. The van der Waals surface area contributed by atoms with Crippen molar-refractivity contribution in [3.8, 4) is 17.3 Å². The Morgan fingerprint density at radius 2 is 2.16 bits per heavy atom. The molecule has 0 spiro atoms. The van der Waals surface area contributed by atoms with Gasteiger partial charge in [-0.1, -0.05) is 0 Å². The van der Waals surface area contributed by atoms with Crippen LogP contribution in [0.2, 0.25) is 0 Å². The third kappa shape index (κ3) is 3.20. The van der Waals surface area contributed by atoms with Crippen LogP contribution in [0, 0.1) is 6.92 Å². The number of thiophene rings is 1. The van der Waals surface area contributed by atoms with Crippen LogP contribution in [0.4, 0.5) is 0 Å². The maximum absolute atomic E-state index is 13.2. The summed E-state index contributed by atoms with van der Waals surface area (Å²) in [5.74, 6) is 1.51. The van der Waals surface area contributed by atoms with Crippen LogP contribution in [0.1, 0.15) is 35.7 Å². The molecule has 0 radical (unpaired) electrons. The maximum atomic E-state index is 13.2. The number of hydrogen-bond acceptors (Lipinski definition) is 5. The normalized spacial score (nSPS) is 16.9. The molecule has 1 aliphatic heterocycles. The second kappa shape index (κ2) is 7.94. The van der Waals surface area contributed by atoms with Crippen LogP contribution in [0.15, 0.2) is 23.6 Å². The van der Waals surface area contributed by atoms with E-state index in [0.29, 0.717) is 17.9 Å². The molecule has 5 rings (SSSR count). The Bertz CT molecular complexity index is 1330. The summed E-state index contributed by atoms with van der Waals surface area (Å²) in [6.45, 7) is 6.48. The fraction of sp³-hybridized carbons (Fsp3) is 0.417. The van der Waals surface area contributed by atoms with Gasteiger partial charge in [0.1, 0.15) is 16.1 Å². The molecule has 4 aromatic rings. The number of fused-ring (bicyclic) bond motifs is 2. The van der Waals surface area contributed by atoms with Gasteiger partial charge in [-0.2, -0.15) is 0 Å². The molecule has 1 fully saturated rings. The molecule has 1 atom stereocenters. The van der Waals surface area contributed by atoms with Crippen LogP contribution < -0.4 is 10.5 Å². The topological polar surface area (TPSA) is 78.3 Å². The van der Waals surface area contributed by atoms with Crippen LogP contribution in [0.5, 0.6) is 5.75 Å². The Morgan fingerprint density at radius 1 is 1.34 bits per heavy atom. The predicted molar refractivity (Wildman–Crippen MR) is 130 cm³/mol. The summed E-state index contributed by atoms with van der Waals surface area (Å²) in [6.07, 6.45) is 1.90. The minimum Gasteiger partial charge on any atom is -0.494 e. The molecule has 4 heterocycles. The number of hydrogen-bond donors (Lipinski definition) is 1. The molecule has 1 aliphatic rings. The first-order valence-corrected chi connectivity index (χ1v) is 12.0. The van der Waals surface area contributed by atoms with Gasteiger partial charge >= 0.3 is 0 Å². The zero-order valence-electron chi connectivity index (χ0n) is 19.0. The fourth-order valence-corrected chi connectivity index (χ4v) is 5.96. The number of carbonyl (C=O) groups excluding carboxylic acids is 1. The van der Waals surface area contributed by atoms with Gasteiger partial charge in [0.25, 0.3) is 5.91 Å². The van der Waals surface area contributed by atoms with Crippen molar-refractivity contribution in [3.63, 3.8) is 0 Å².